The van der Waals surface area contributed by atoms with Crippen molar-refractivity contribution in [1.29, 1.82) is 0 Å². The summed E-state index contributed by atoms with van der Waals surface area (Å²) in [6.07, 6.45) is 1.98. The number of piperazine rings is 1. The third kappa shape index (κ3) is 4.59. The molecule has 0 saturated carbocycles. The molecule has 1 unspecified atom stereocenters. The number of nitrogens with one attached hydrogen (secondary N) is 2. The molecule has 32 heavy (non-hydrogen) atoms. The predicted octanol–water partition coefficient (Wildman–Crippen LogP) is 1.36. The number of H-pyrrole nitrogens is 1. The minimum atomic E-state index is -0.543. The summed E-state index contributed by atoms with van der Waals surface area (Å²) in [5.74, 6) is -0.563. The number of aromatic nitrogens is 2. The number of methoxy groups -OCH3 is 1. The van der Waals surface area contributed by atoms with E-state index < -0.39 is 18.0 Å². The lowest BCUT2D eigenvalue weighted by molar-refractivity contribution is 0.0741. The molecule has 2 N–H and O–H groups in total. The SMILES string of the molecule is COC(=S)NCC1CN(c2ccc(N3CCN(C(=O)c4cnc[nH]4)CC3)c(F)c2)C(=O)O1. The first-order valence-corrected chi connectivity index (χ1v) is 10.5. The molecule has 2 aliphatic rings. The molecule has 2 saturated heterocycles. The number of ether oxygens (including phenoxy) is 2. The van der Waals surface area contributed by atoms with E-state index in [4.69, 9.17) is 21.7 Å². The Balaban J connectivity index is 1.36. The number of anilines is 2. The van der Waals surface area contributed by atoms with Gasteiger partial charge in [-0.1, -0.05) is 0 Å². The summed E-state index contributed by atoms with van der Waals surface area (Å²) < 4.78 is 25.1. The second kappa shape index (κ2) is 9.39. The molecule has 2 aromatic rings. The molecule has 2 amide bonds. The molecule has 0 aliphatic carbocycles. The Morgan fingerprint density at radius 3 is 2.81 bits per heavy atom. The van der Waals surface area contributed by atoms with Crippen molar-refractivity contribution in [2.45, 2.75) is 6.10 Å². The van der Waals surface area contributed by atoms with Gasteiger partial charge in [-0.2, -0.15) is 0 Å². The zero-order valence-electron chi connectivity index (χ0n) is 17.4. The van der Waals surface area contributed by atoms with Crippen LogP contribution in [0.2, 0.25) is 0 Å². The normalized spacial score (nSPS) is 18.5. The van der Waals surface area contributed by atoms with E-state index in [0.29, 0.717) is 49.8 Å². The Kier molecular flexibility index (Phi) is 6.40. The van der Waals surface area contributed by atoms with E-state index in [1.54, 1.807) is 17.0 Å². The largest absolute Gasteiger partial charge is 0.474 e. The molecule has 10 nitrogen and oxygen atoms in total. The number of carbonyl (C=O) groups is 2. The maximum Gasteiger partial charge on any atom is 0.414 e. The summed E-state index contributed by atoms with van der Waals surface area (Å²) in [5.41, 5.74) is 1.28. The standard InChI is InChI=1S/C20H23FN6O4S/c1-30-19(32)23-9-14-11-27(20(29)31-14)13-2-3-17(15(21)8-13)25-4-6-26(7-5-25)18(28)16-10-22-12-24-16/h2-3,8,10,12,14H,4-7,9,11H2,1H3,(H,22,24)(H,23,32). The lowest BCUT2D eigenvalue weighted by Crippen LogP contribution is -2.49. The zero-order valence-corrected chi connectivity index (χ0v) is 18.2. The number of thiocarbonyl (C=S) groups is 1. The number of hydrogen-bond donors (Lipinski definition) is 2. The van der Waals surface area contributed by atoms with Crippen LogP contribution in [0.15, 0.2) is 30.7 Å². The fourth-order valence-corrected chi connectivity index (χ4v) is 3.81. The van der Waals surface area contributed by atoms with Crippen LogP contribution in [0.25, 0.3) is 0 Å². The first-order chi connectivity index (χ1) is 15.5. The van der Waals surface area contributed by atoms with Gasteiger partial charge in [0.1, 0.15) is 17.6 Å². The molecule has 1 atom stereocenters. The predicted molar refractivity (Wildman–Crippen MR) is 118 cm³/mol. The first kappa shape index (κ1) is 21.8. The number of imidazole rings is 1. The van der Waals surface area contributed by atoms with Crippen molar-refractivity contribution in [3.63, 3.8) is 0 Å². The highest BCUT2D eigenvalue weighted by Gasteiger charge is 2.33. The van der Waals surface area contributed by atoms with E-state index in [1.165, 1.54) is 30.6 Å². The van der Waals surface area contributed by atoms with Crippen LogP contribution < -0.4 is 15.1 Å². The lowest BCUT2D eigenvalue weighted by Gasteiger charge is -2.36. The average Bonchev–Trinajstić information content (AvgIpc) is 3.47. The summed E-state index contributed by atoms with van der Waals surface area (Å²) in [4.78, 5) is 36.3. The van der Waals surface area contributed by atoms with Gasteiger partial charge in [0.2, 0.25) is 0 Å². The minimum absolute atomic E-state index is 0.124. The van der Waals surface area contributed by atoms with Crippen molar-refractivity contribution >= 4 is 40.8 Å². The van der Waals surface area contributed by atoms with Crippen molar-refractivity contribution in [3.8, 4) is 0 Å². The van der Waals surface area contributed by atoms with Gasteiger partial charge < -0.3 is 29.6 Å². The topological polar surface area (TPSA) is 103 Å². The average molecular weight is 463 g/mol. The molecule has 2 aliphatic heterocycles. The number of nitrogens with zero attached hydrogens (tertiary/aromatic N) is 4. The van der Waals surface area contributed by atoms with Gasteiger partial charge in [0.25, 0.3) is 11.1 Å². The molecular formula is C20H23FN6O4S. The Bertz CT molecular complexity index is 996. The molecule has 170 valence electrons. The van der Waals surface area contributed by atoms with Gasteiger partial charge in [-0.05, 0) is 30.4 Å². The maximum absolute atomic E-state index is 14.9. The van der Waals surface area contributed by atoms with Gasteiger partial charge in [-0.25, -0.2) is 14.2 Å². The molecule has 0 bridgehead atoms. The second-order valence-electron chi connectivity index (χ2n) is 7.37. The second-order valence-corrected chi connectivity index (χ2v) is 7.74. The first-order valence-electron chi connectivity index (χ1n) is 10.1. The fraction of sp³-hybridized carbons (Fsp3) is 0.400. The van der Waals surface area contributed by atoms with E-state index in [0.717, 1.165) is 0 Å². The number of halogens is 1. The highest BCUT2D eigenvalue weighted by molar-refractivity contribution is 7.80. The maximum atomic E-state index is 14.9. The number of rotatable bonds is 5. The highest BCUT2D eigenvalue weighted by atomic mass is 32.1. The summed E-state index contributed by atoms with van der Waals surface area (Å²) in [6.45, 7) is 2.50. The Morgan fingerprint density at radius 2 is 2.16 bits per heavy atom. The highest BCUT2D eigenvalue weighted by Crippen LogP contribution is 2.28. The van der Waals surface area contributed by atoms with Crippen LogP contribution >= 0.6 is 12.2 Å². The lowest BCUT2D eigenvalue weighted by atomic mass is 10.2. The van der Waals surface area contributed by atoms with Crippen LogP contribution in [-0.4, -0.2) is 84.5 Å². The van der Waals surface area contributed by atoms with Crippen molar-refractivity contribution in [1.82, 2.24) is 20.2 Å². The number of amides is 2. The van der Waals surface area contributed by atoms with E-state index in [-0.39, 0.29) is 17.6 Å². The minimum Gasteiger partial charge on any atom is -0.474 e. The molecule has 3 heterocycles. The van der Waals surface area contributed by atoms with E-state index >= 15 is 0 Å². The summed E-state index contributed by atoms with van der Waals surface area (Å²) in [7, 11) is 1.45. The van der Waals surface area contributed by atoms with Crippen LogP contribution in [0.4, 0.5) is 20.6 Å². The fourth-order valence-electron chi connectivity index (χ4n) is 3.72. The van der Waals surface area contributed by atoms with E-state index in [9.17, 15) is 14.0 Å². The van der Waals surface area contributed by atoms with Crippen LogP contribution in [0.3, 0.4) is 0 Å². The number of benzene rings is 1. The van der Waals surface area contributed by atoms with Gasteiger partial charge in [-0.3, -0.25) is 9.69 Å². The van der Waals surface area contributed by atoms with E-state index in [1.807, 2.05) is 4.90 Å². The summed E-state index contributed by atoms with van der Waals surface area (Å²) in [5, 5.41) is 3.05. The van der Waals surface area contributed by atoms with Gasteiger partial charge >= 0.3 is 6.09 Å². The number of hydrogen-bond acceptors (Lipinski definition) is 7. The number of carbonyl (C=O) groups excluding carboxylic acids is 2. The molecule has 0 spiro atoms. The van der Waals surface area contributed by atoms with Crippen molar-refractivity contribution in [2.24, 2.45) is 0 Å². The quantitative estimate of drug-likeness (QED) is 0.642. The van der Waals surface area contributed by atoms with Crippen LogP contribution in [0, 0.1) is 5.82 Å². The van der Waals surface area contributed by atoms with E-state index in [2.05, 4.69) is 15.3 Å². The molecule has 4 rings (SSSR count). The third-order valence-corrected chi connectivity index (χ3v) is 5.72. The van der Waals surface area contributed by atoms with Gasteiger partial charge in [0.05, 0.1) is 44.1 Å². The van der Waals surface area contributed by atoms with Gasteiger partial charge in [0, 0.05) is 26.2 Å². The van der Waals surface area contributed by atoms with Crippen molar-refractivity contribution in [3.05, 3.63) is 42.2 Å². The smallest absolute Gasteiger partial charge is 0.414 e. The Labute approximate surface area is 189 Å². The molecule has 2 fully saturated rings. The van der Waals surface area contributed by atoms with Crippen LogP contribution in [-0.2, 0) is 9.47 Å². The van der Waals surface area contributed by atoms with Crippen molar-refractivity contribution < 1.29 is 23.5 Å². The van der Waals surface area contributed by atoms with Gasteiger partial charge in [0.15, 0.2) is 0 Å². The molecule has 1 aromatic heterocycles. The Hall–Kier alpha value is -3.41. The molecular weight excluding hydrogens is 439 g/mol. The van der Waals surface area contributed by atoms with Crippen molar-refractivity contribution in [2.75, 3.05) is 56.2 Å². The van der Waals surface area contributed by atoms with Crippen LogP contribution in [0.1, 0.15) is 10.5 Å². The third-order valence-electron chi connectivity index (χ3n) is 5.41. The van der Waals surface area contributed by atoms with Gasteiger partial charge in [-0.15, -0.1) is 0 Å². The monoisotopic (exact) mass is 462 g/mol. The molecule has 1 aromatic carbocycles. The Morgan fingerprint density at radius 1 is 1.38 bits per heavy atom. The molecule has 12 heteroatoms. The molecule has 0 radical (unpaired) electrons. The summed E-state index contributed by atoms with van der Waals surface area (Å²) in [6, 6.07) is 4.67. The number of cyclic esters (lactones) is 1. The number of aromatic amines is 1. The summed E-state index contributed by atoms with van der Waals surface area (Å²) >= 11 is 4.91. The zero-order chi connectivity index (χ0) is 22.7. The van der Waals surface area contributed by atoms with Crippen LogP contribution in [0.5, 0.6) is 0 Å².